The van der Waals surface area contributed by atoms with E-state index in [-0.39, 0.29) is 35.7 Å². The SMILES string of the molecule is CCOC(=O)c1c(-c2ccc(CNC(=O)c3cc(F)ccc3OC)cc2)nn([C@@H](C)C(F)(F)F)c1N. The molecular formula is C24H24F4N4O4. The highest BCUT2D eigenvalue weighted by atomic mass is 19.4. The van der Waals surface area contributed by atoms with Crippen molar-refractivity contribution in [3.8, 4) is 17.0 Å². The molecule has 36 heavy (non-hydrogen) atoms. The van der Waals surface area contributed by atoms with Crippen LogP contribution in [0.1, 0.15) is 46.2 Å². The molecule has 3 N–H and O–H groups in total. The highest BCUT2D eigenvalue weighted by molar-refractivity contribution is 6.01. The molecule has 3 rings (SSSR count). The number of benzene rings is 2. The van der Waals surface area contributed by atoms with Crippen molar-refractivity contribution in [3.05, 3.63) is 65.0 Å². The number of esters is 1. The molecule has 0 spiro atoms. The van der Waals surface area contributed by atoms with Crippen molar-refractivity contribution in [2.24, 2.45) is 0 Å². The van der Waals surface area contributed by atoms with Gasteiger partial charge in [0.25, 0.3) is 5.91 Å². The lowest BCUT2D eigenvalue weighted by atomic mass is 10.1. The summed E-state index contributed by atoms with van der Waals surface area (Å²) in [4.78, 5) is 25.0. The van der Waals surface area contributed by atoms with E-state index in [4.69, 9.17) is 15.2 Å². The second-order valence-electron chi connectivity index (χ2n) is 7.72. The number of nitrogens with two attached hydrogens (primary N) is 1. The van der Waals surface area contributed by atoms with Crippen LogP contribution in [0.2, 0.25) is 0 Å². The summed E-state index contributed by atoms with van der Waals surface area (Å²) < 4.78 is 64.1. The molecule has 1 aromatic heterocycles. The number of rotatable bonds is 8. The fraction of sp³-hybridized carbons (Fsp3) is 0.292. The third-order valence-corrected chi connectivity index (χ3v) is 5.35. The summed E-state index contributed by atoms with van der Waals surface area (Å²) in [6, 6.07) is 7.72. The molecule has 0 radical (unpaired) electrons. The highest BCUT2D eigenvalue weighted by Crippen LogP contribution is 2.36. The lowest BCUT2D eigenvalue weighted by molar-refractivity contribution is -0.164. The van der Waals surface area contributed by atoms with E-state index in [0.717, 1.165) is 13.0 Å². The van der Waals surface area contributed by atoms with E-state index >= 15 is 0 Å². The van der Waals surface area contributed by atoms with Gasteiger partial charge in [0.2, 0.25) is 0 Å². The first-order valence-corrected chi connectivity index (χ1v) is 10.8. The van der Waals surface area contributed by atoms with E-state index in [1.165, 1.54) is 31.4 Å². The predicted molar refractivity (Wildman–Crippen MR) is 123 cm³/mol. The van der Waals surface area contributed by atoms with E-state index in [9.17, 15) is 27.2 Å². The van der Waals surface area contributed by atoms with Crippen molar-refractivity contribution < 1.29 is 36.6 Å². The van der Waals surface area contributed by atoms with Crippen molar-refractivity contribution in [3.63, 3.8) is 0 Å². The zero-order valence-electron chi connectivity index (χ0n) is 19.6. The Morgan fingerprint density at radius 1 is 1.17 bits per heavy atom. The van der Waals surface area contributed by atoms with Crippen LogP contribution in [0.15, 0.2) is 42.5 Å². The first-order valence-electron chi connectivity index (χ1n) is 10.8. The maximum atomic E-state index is 13.5. The quantitative estimate of drug-likeness (QED) is 0.342. The third kappa shape index (κ3) is 5.58. The molecule has 3 aromatic rings. The van der Waals surface area contributed by atoms with Gasteiger partial charge >= 0.3 is 12.1 Å². The second-order valence-corrected chi connectivity index (χ2v) is 7.72. The maximum absolute atomic E-state index is 13.5. The molecule has 0 fully saturated rings. The maximum Gasteiger partial charge on any atom is 0.410 e. The Labute approximate surface area is 204 Å². The number of carbonyl (C=O) groups excluding carboxylic acids is 2. The first-order chi connectivity index (χ1) is 17.0. The lowest BCUT2D eigenvalue weighted by Gasteiger charge is -2.17. The lowest BCUT2D eigenvalue weighted by Crippen LogP contribution is -2.26. The molecule has 0 saturated carbocycles. The van der Waals surface area contributed by atoms with Crippen molar-refractivity contribution in [2.45, 2.75) is 32.6 Å². The molecule has 1 amide bonds. The number of hydrogen-bond donors (Lipinski definition) is 2. The molecule has 0 saturated heterocycles. The summed E-state index contributed by atoms with van der Waals surface area (Å²) in [6.45, 7) is 2.48. The zero-order chi connectivity index (χ0) is 26.6. The van der Waals surface area contributed by atoms with Gasteiger partial charge in [-0.1, -0.05) is 24.3 Å². The molecule has 0 bridgehead atoms. The summed E-state index contributed by atoms with van der Waals surface area (Å²) in [5.74, 6) is -2.31. The number of nitrogens with one attached hydrogen (secondary N) is 1. The number of ether oxygens (including phenoxy) is 2. The number of anilines is 1. The van der Waals surface area contributed by atoms with E-state index in [0.29, 0.717) is 15.8 Å². The van der Waals surface area contributed by atoms with Crippen LogP contribution in [0.4, 0.5) is 23.4 Å². The molecule has 192 valence electrons. The van der Waals surface area contributed by atoms with Crippen LogP contribution in [-0.2, 0) is 11.3 Å². The Bertz CT molecular complexity index is 1260. The normalized spacial score (nSPS) is 12.2. The van der Waals surface area contributed by atoms with Gasteiger partial charge in [-0.3, -0.25) is 4.79 Å². The fourth-order valence-corrected chi connectivity index (χ4v) is 3.40. The predicted octanol–water partition coefficient (Wildman–Crippen LogP) is 4.51. The van der Waals surface area contributed by atoms with Crippen molar-refractivity contribution in [1.82, 2.24) is 15.1 Å². The average Bonchev–Trinajstić information content (AvgIpc) is 3.18. The molecule has 1 heterocycles. The number of nitrogen functional groups attached to an aromatic ring is 1. The Hall–Kier alpha value is -4.09. The number of carbonyl (C=O) groups is 2. The molecule has 12 heteroatoms. The van der Waals surface area contributed by atoms with Crippen molar-refractivity contribution in [2.75, 3.05) is 19.5 Å². The van der Waals surface area contributed by atoms with Crippen LogP contribution in [0.5, 0.6) is 5.75 Å². The molecule has 0 aliphatic carbocycles. The number of halogens is 4. The van der Waals surface area contributed by atoms with Gasteiger partial charge in [-0.05, 0) is 37.6 Å². The van der Waals surface area contributed by atoms with Crippen LogP contribution < -0.4 is 15.8 Å². The second kappa shape index (κ2) is 10.7. The Morgan fingerprint density at radius 2 is 1.83 bits per heavy atom. The first kappa shape index (κ1) is 26.5. The summed E-state index contributed by atoms with van der Waals surface area (Å²) in [5, 5.41) is 6.62. The topological polar surface area (TPSA) is 108 Å². The van der Waals surface area contributed by atoms with Gasteiger partial charge in [0.15, 0.2) is 0 Å². The number of nitrogens with zero attached hydrogens (tertiary/aromatic N) is 2. The van der Waals surface area contributed by atoms with Gasteiger partial charge in [0.1, 0.15) is 34.7 Å². The van der Waals surface area contributed by atoms with Gasteiger partial charge in [0, 0.05) is 12.1 Å². The monoisotopic (exact) mass is 508 g/mol. The minimum atomic E-state index is -4.64. The van der Waals surface area contributed by atoms with Gasteiger partial charge < -0.3 is 20.5 Å². The molecule has 0 unspecified atom stereocenters. The number of methoxy groups -OCH3 is 1. The van der Waals surface area contributed by atoms with E-state index < -0.39 is 35.7 Å². The van der Waals surface area contributed by atoms with Crippen LogP contribution in [-0.4, -0.2) is 41.5 Å². The minimum absolute atomic E-state index is 0.00749. The molecule has 1 atom stereocenters. The molecule has 8 nitrogen and oxygen atoms in total. The van der Waals surface area contributed by atoms with E-state index in [1.807, 2.05) is 0 Å². The van der Waals surface area contributed by atoms with Gasteiger partial charge in [-0.25, -0.2) is 13.9 Å². The number of aromatic nitrogens is 2. The summed E-state index contributed by atoms with van der Waals surface area (Å²) in [6.07, 6.45) is -4.64. The molecule has 2 aromatic carbocycles. The summed E-state index contributed by atoms with van der Waals surface area (Å²) in [7, 11) is 1.36. The highest BCUT2D eigenvalue weighted by Gasteiger charge is 2.40. The van der Waals surface area contributed by atoms with E-state index in [1.54, 1.807) is 19.1 Å². The Morgan fingerprint density at radius 3 is 2.42 bits per heavy atom. The summed E-state index contributed by atoms with van der Waals surface area (Å²) in [5.41, 5.74) is 6.51. The van der Waals surface area contributed by atoms with Gasteiger partial charge in [-0.15, -0.1) is 0 Å². The standard InChI is InChI=1S/C24H24F4N4O4/c1-4-36-23(34)19-20(31-32(21(19)29)13(2)24(26,27)28)15-7-5-14(6-8-15)12-30-22(33)17-11-16(25)9-10-18(17)35-3/h5-11,13H,4,12,29H2,1-3H3,(H,30,33)/t13-/m0/s1. The van der Waals surface area contributed by atoms with E-state index in [2.05, 4.69) is 10.4 Å². The van der Waals surface area contributed by atoms with Crippen LogP contribution >= 0.6 is 0 Å². The van der Waals surface area contributed by atoms with Crippen LogP contribution in [0.25, 0.3) is 11.3 Å². The zero-order valence-corrected chi connectivity index (χ0v) is 19.6. The Kier molecular flexibility index (Phi) is 7.86. The number of hydrogen-bond acceptors (Lipinski definition) is 6. The van der Waals surface area contributed by atoms with Gasteiger partial charge in [-0.2, -0.15) is 18.3 Å². The van der Waals surface area contributed by atoms with Crippen LogP contribution in [0.3, 0.4) is 0 Å². The van der Waals surface area contributed by atoms with Crippen LogP contribution in [0, 0.1) is 5.82 Å². The Balaban J connectivity index is 1.86. The van der Waals surface area contributed by atoms with Crippen molar-refractivity contribution >= 4 is 17.7 Å². The summed E-state index contributed by atoms with van der Waals surface area (Å²) >= 11 is 0. The molecule has 0 aliphatic heterocycles. The van der Waals surface area contributed by atoms with Crippen molar-refractivity contribution in [1.29, 1.82) is 0 Å². The average molecular weight is 508 g/mol. The molecular weight excluding hydrogens is 484 g/mol. The van der Waals surface area contributed by atoms with Gasteiger partial charge in [0.05, 0.1) is 19.3 Å². The third-order valence-electron chi connectivity index (χ3n) is 5.35. The number of alkyl halides is 3. The smallest absolute Gasteiger partial charge is 0.410 e. The molecule has 0 aliphatic rings. The largest absolute Gasteiger partial charge is 0.496 e. The fourth-order valence-electron chi connectivity index (χ4n) is 3.40. The number of amides is 1. The minimum Gasteiger partial charge on any atom is -0.496 e.